The molecule has 0 saturated carbocycles. The van der Waals surface area contributed by atoms with E-state index in [0.717, 1.165) is 22.8 Å². The average Bonchev–Trinajstić information content (AvgIpc) is 3.19. The zero-order valence-electron chi connectivity index (χ0n) is 14.5. The predicted octanol–water partition coefficient (Wildman–Crippen LogP) is 4.87. The zero-order valence-corrected chi connectivity index (χ0v) is 14.5. The molecular weight excluding hydrogens is 343 g/mol. The average molecular weight is 360 g/mol. The van der Waals surface area contributed by atoms with Gasteiger partial charge in [-0.1, -0.05) is 24.3 Å². The van der Waals surface area contributed by atoms with Crippen LogP contribution in [0.1, 0.15) is 22.3 Å². The van der Waals surface area contributed by atoms with E-state index in [9.17, 15) is 9.18 Å². The summed E-state index contributed by atoms with van der Waals surface area (Å²) in [5, 5.41) is 5.80. The van der Waals surface area contributed by atoms with Gasteiger partial charge in [0.15, 0.2) is 0 Å². The summed E-state index contributed by atoms with van der Waals surface area (Å²) in [4.78, 5) is 12.5. The van der Waals surface area contributed by atoms with E-state index in [1.807, 2.05) is 54.6 Å². The molecule has 0 aromatic heterocycles. The van der Waals surface area contributed by atoms with Crippen LogP contribution in [0.25, 0.3) is 0 Å². The maximum Gasteiger partial charge on any atom is 0.274 e. The molecule has 27 heavy (non-hydrogen) atoms. The lowest BCUT2D eigenvalue weighted by Crippen LogP contribution is -2.23. The van der Waals surface area contributed by atoms with Gasteiger partial charge in [-0.3, -0.25) is 4.79 Å². The summed E-state index contributed by atoms with van der Waals surface area (Å²) in [6.07, 6.45) is 0.653. The van der Waals surface area contributed by atoms with E-state index in [4.69, 9.17) is 4.74 Å². The van der Waals surface area contributed by atoms with E-state index in [1.165, 1.54) is 23.2 Å². The maximum absolute atomic E-state index is 13.3. The molecule has 1 aliphatic rings. The maximum atomic E-state index is 13.3. The Hall–Kier alpha value is -3.47. The summed E-state index contributed by atoms with van der Waals surface area (Å²) in [6.45, 7) is 0.479. The standard InChI is InChI=1S/C22H17FN2O2/c23-18-6-4-5-17(15-18)22(26)25-14-13-21(24-25)16-9-11-20(12-10-16)27-19-7-2-1-3-8-19/h1-12,15H,13-14H2. The van der Waals surface area contributed by atoms with Crippen molar-refractivity contribution < 1.29 is 13.9 Å². The molecule has 0 fully saturated rings. The van der Waals surface area contributed by atoms with Gasteiger partial charge >= 0.3 is 0 Å². The van der Waals surface area contributed by atoms with Gasteiger partial charge in [0.1, 0.15) is 17.3 Å². The molecule has 0 aliphatic carbocycles. The normalized spacial score (nSPS) is 13.4. The van der Waals surface area contributed by atoms with Crippen molar-refractivity contribution in [3.8, 4) is 11.5 Å². The fraction of sp³-hybridized carbons (Fsp3) is 0.0909. The highest BCUT2D eigenvalue weighted by Crippen LogP contribution is 2.23. The van der Waals surface area contributed by atoms with Gasteiger partial charge in [-0.2, -0.15) is 5.10 Å². The molecule has 1 aliphatic heterocycles. The van der Waals surface area contributed by atoms with Gasteiger partial charge in [0.25, 0.3) is 5.91 Å². The second kappa shape index (κ2) is 7.41. The fourth-order valence-corrected chi connectivity index (χ4v) is 2.92. The molecule has 0 atom stereocenters. The van der Waals surface area contributed by atoms with Gasteiger partial charge in [-0.25, -0.2) is 9.40 Å². The van der Waals surface area contributed by atoms with Crippen LogP contribution in [0.15, 0.2) is 84.0 Å². The molecule has 0 unspecified atom stereocenters. The molecule has 0 spiro atoms. The first kappa shape index (κ1) is 17.0. The number of hydrogen-bond donors (Lipinski definition) is 0. The Balaban J connectivity index is 1.47. The van der Waals surface area contributed by atoms with E-state index in [2.05, 4.69) is 5.10 Å². The summed E-state index contributed by atoms with van der Waals surface area (Å²) >= 11 is 0. The Bertz CT molecular complexity index is 985. The predicted molar refractivity (Wildman–Crippen MR) is 102 cm³/mol. The van der Waals surface area contributed by atoms with Crippen molar-refractivity contribution in [1.29, 1.82) is 0 Å². The van der Waals surface area contributed by atoms with Crippen LogP contribution in [0.4, 0.5) is 4.39 Å². The van der Waals surface area contributed by atoms with E-state index < -0.39 is 5.82 Å². The van der Waals surface area contributed by atoms with Crippen LogP contribution >= 0.6 is 0 Å². The second-order valence-corrected chi connectivity index (χ2v) is 6.17. The topological polar surface area (TPSA) is 41.9 Å². The molecule has 1 heterocycles. The van der Waals surface area contributed by atoms with Crippen LogP contribution in [-0.4, -0.2) is 23.2 Å². The second-order valence-electron chi connectivity index (χ2n) is 6.17. The zero-order chi connectivity index (χ0) is 18.6. The Morgan fingerprint density at radius 1 is 0.926 bits per heavy atom. The van der Waals surface area contributed by atoms with Crippen molar-refractivity contribution in [3.63, 3.8) is 0 Å². The van der Waals surface area contributed by atoms with Crippen LogP contribution in [0.5, 0.6) is 11.5 Å². The molecule has 134 valence electrons. The summed E-state index contributed by atoms with van der Waals surface area (Å²) in [5.41, 5.74) is 2.06. The van der Waals surface area contributed by atoms with Crippen molar-refractivity contribution in [2.45, 2.75) is 6.42 Å². The van der Waals surface area contributed by atoms with Crippen LogP contribution < -0.4 is 4.74 Å². The SMILES string of the molecule is O=C(c1cccc(F)c1)N1CCC(c2ccc(Oc3ccccc3)cc2)=N1. The van der Waals surface area contributed by atoms with E-state index >= 15 is 0 Å². The summed E-state index contributed by atoms with van der Waals surface area (Å²) < 4.78 is 19.1. The number of hydrogen-bond acceptors (Lipinski definition) is 3. The number of para-hydroxylation sites is 1. The Morgan fingerprint density at radius 3 is 2.41 bits per heavy atom. The lowest BCUT2D eigenvalue weighted by atomic mass is 10.1. The molecule has 5 heteroatoms. The molecule has 0 N–H and O–H groups in total. The number of rotatable bonds is 4. The smallest absolute Gasteiger partial charge is 0.274 e. The van der Waals surface area contributed by atoms with Crippen LogP contribution in [-0.2, 0) is 0 Å². The van der Waals surface area contributed by atoms with E-state index in [-0.39, 0.29) is 5.91 Å². The number of hydrazone groups is 1. The monoisotopic (exact) mass is 360 g/mol. The quantitative estimate of drug-likeness (QED) is 0.666. The van der Waals surface area contributed by atoms with Gasteiger partial charge in [0.05, 0.1) is 12.3 Å². The molecule has 0 radical (unpaired) electrons. The Kier molecular flexibility index (Phi) is 4.66. The first-order chi connectivity index (χ1) is 13.2. The third-order valence-corrected chi connectivity index (χ3v) is 4.27. The van der Waals surface area contributed by atoms with E-state index in [0.29, 0.717) is 18.5 Å². The highest BCUT2D eigenvalue weighted by Gasteiger charge is 2.23. The molecule has 0 bridgehead atoms. The first-order valence-corrected chi connectivity index (χ1v) is 8.67. The van der Waals surface area contributed by atoms with Gasteiger partial charge in [-0.15, -0.1) is 0 Å². The number of amides is 1. The van der Waals surface area contributed by atoms with Crippen LogP contribution in [0.3, 0.4) is 0 Å². The molecular formula is C22H17FN2O2. The van der Waals surface area contributed by atoms with Gasteiger partial charge in [-0.05, 0) is 60.2 Å². The van der Waals surface area contributed by atoms with Crippen molar-refractivity contribution >= 4 is 11.6 Å². The first-order valence-electron chi connectivity index (χ1n) is 8.67. The third-order valence-electron chi connectivity index (χ3n) is 4.27. The number of benzene rings is 3. The number of carbonyl (C=O) groups excluding carboxylic acids is 1. The van der Waals surface area contributed by atoms with Crippen LogP contribution in [0, 0.1) is 5.82 Å². The lowest BCUT2D eigenvalue weighted by molar-refractivity contribution is 0.0778. The summed E-state index contributed by atoms with van der Waals surface area (Å²) in [7, 11) is 0. The Morgan fingerprint density at radius 2 is 1.67 bits per heavy atom. The molecule has 0 saturated heterocycles. The minimum absolute atomic E-state index is 0.298. The highest BCUT2D eigenvalue weighted by atomic mass is 19.1. The molecule has 4 rings (SSSR count). The largest absolute Gasteiger partial charge is 0.457 e. The Labute approximate surface area is 156 Å². The van der Waals surface area contributed by atoms with Crippen molar-refractivity contribution in [2.24, 2.45) is 5.10 Å². The molecule has 1 amide bonds. The van der Waals surface area contributed by atoms with Crippen molar-refractivity contribution in [2.75, 3.05) is 6.54 Å². The van der Waals surface area contributed by atoms with E-state index in [1.54, 1.807) is 6.07 Å². The molecule has 4 nitrogen and oxygen atoms in total. The number of halogens is 1. The highest BCUT2D eigenvalue weighted by molar-refractivity contribution is 6.04. The van der Waals surface area contributed by atoms with Gasteiger partial charge in [0.2, 0.25) is 0 Å². The van der Waals surface area contributed by atoms with Crippen molar-refractivity contribution in [3.05, 3.63) is 95.8 Å². The number of carbonyl (C=O) groups is 1. The van der Waals surface area contributed by atoms with Crippen molar-refractivity contribution in [1.82, 2.24) is 5.01 Å². The minimum atomic E-state index is -0.432. The number of ether oxygens (including phenoxy) is 1. The lowest BCUT2D eigenvalue weighted by Gasteiger charge is -2.11. The number of nitrogens with zero attached hydrogens (tertiary/aromatic N) is 2. The fourth-order valence-electron chi connectivity index (χ4n) is 2.92. The molecule has 3 aromatic rings. The third kappa shape index (κ3) is 3.87. The van der Waals surface area contributed by atoms with Gasteiger partial charge < -0.3 is 4.74 Å². The van der Waals surface area contributed by atoms with Crippen LogP contribution in [0.2, 0.25) is 0 Å². The summed E-state index contributed by atoms with van der Waals surface area (Å²) in [5.74, 6) is 0.776. The minimum Gasteiger partial charge on any atom is -0.457 e. The molecule has 3 aromatic carbocycles. The van der Waals surface area contributed by atoms with Gasteiger partial charge in [0, 0.05) is 12.0 Å². The summed E-state index contributed by atoms with van der Waals surface area (Å²) in [6, 6.07) is 22.8.